The van der Waals surface area contributed by atoms with E-state index in [4.69, 9.17) is 4.74 Å². The Hall–Kier alpha value is -2.64. The van der Waals surface area contributed by atoms with Crippen LogP contribution in [0.15, 0.2) is 84.9 Å². The van der Waals surface area contributed by atoms with Gasteiger partial charge in [-0.25, -0.2) is 4.79 Å². The lowest BCUT2D eigenvalue weighted by atomic mass is 9.99. The van der Waals surface area contributed by atoms with E-state index >= 15 is 0 Å². The smallest absolute Gasteiger partial charge is 0.410 e. The minimum absolute atomic E-state index is 0.189. The van der Waals surface area contributed by atoms with Crippen LogP contribution in [0.3, 0.4) is 0 Å². The quantitative estimate of drug-likeness (QED) is 0.503. The molecule has 4 rings (SSSR count). The van der Waals surface area contributed by atoms with Gasteiger partial charge >= 0.3 is 6.09 Å². The number of carbonyl (C=O) groups excluding carboxylic acids is 1. The number of hydrogen-bond acceptors (Lipinski definition) is 2. The first kappa shape index (κ1) is 22.6. The van der Waals surface area contributed by atoms with Crippen molar-refractivity contribution in [3.63, 3.8) is 0 Å². The number of likely N-dealkylation sites (tertiary alicyclic amines) is 1. The van der Waals surface area contributed by atoms with Crippen LogP contribution in [0.25, 0.3) is 0 Å². The number of carbonyl (C=O) groups is 1. The summed E-state index contributed by atoms with van der Waals surface area (Å²) in [6.07, 6.45) is 1.82. The van der Waals surface area contributed by atoms with Crippen molar-refractivity contribution >= 4 is 29.9 Å². The molecule has 0 saturated carbocycles. The molecule has 4 heteroatoms. The molecule has 0 aliphatic carbocycles. The topological polar surface area (TPSA) is 29.5 Å². The van der Waals surface area contributed by atoms with Gasteiger partial charge in [-0.05, 0) is 68.9 Å². The van der Waals surface area contributed by atoms with Crippen molar-refractivity contribution in [1.82, 2.24) is 4.90 Å². The monoisotopic (exact) mass is 445 g/mol. The number of rotatable bonds is 5. The Balaban J connectivity index is 1.51. The van der Waals surface area contributed by atoms with E-state index in [2.05, 4.69) is 84.9 Å². The predicted molar refractivity (Wildman–Crippen MR) is 135 cm³/mol. The minimum Gasteiger partial charge on any atom is -0.444 e. The zero-order valence-electron chi connectivity index (χ0n) is 19.2. The highest BCUT2D eigenvalue weighted by atomic mass is 31.1. The molecule has 3 aromatic rings. The zero-order chi connectivity index (χ0) is 22.6. The molecule has 0 N–H and O–H groups in total. The summed E-state index contributed by atoms with van der Waals surface area (Å²) >= 11 is 0. The van der Waals surface area contributed by atoms with Crippen LogP contribution in [-0.4, -0.2) is 29.7 Å². The first-order chi connectivity index (χ1) is 15.4. The highest BCUT2D eigenvalue weighted by Crippen LogP contribution is 2.33. The molecular formula is C28H32NO2P. The zero-order valence-corrected chi connectivity index (χ0v) is 20.1. The average Bonchev–Trinajstić information content (AvgIpc) is 3.23. The molecule has 3 aromatic carbocycles. The summed E-state index contributed by atoms with van der Waals surface area (Å²) in [5.41, 5.74) is 0.896. The molecule has 32 heavy (non-hydrogen) atoms. The number of benzene rings is 3. The second kappa shape index (κ2) is 9.88. The minimum atomic E-state index is -0.599. The molecular weight excluding hydrogens is 413 g/mol. The maximum absolute atomic E-state index is 12.4. The highest BCUT2D eigenvalue weighted by molar-refractivity contribution is 7.79. The Labute approximate surface area is 193 Å². The fourth-order valence-electron chi connectivity index (χ4n) is 4.25. The molecule has 1 fully saturated rings. The van der Waals surface area contributed by atoms with Crippen LogP contribution in [-0.2, 0) is 11.2 Å². The van der Waals surface area contributed by atoms with E-state index in [0.29, 0.717) is 5.92 Å². The van der Waals surface area contributed by atoms with Crippen LogP contribution in [0.4, 0.5) is 4.79 Å². The maximum atomic E-state index is 12.4. The molecule has 0 spiro atoms. The van der Waals surface area contributed by atoms with E-state index in [-0.39, 0.29) is 6.09 Å². The summed E-state index contributed by atoms with van der Waals surface area (Å²) in [5, 5.41) is 4.10. The molecule has 0 aromatic heterocycles. The lowest BCUT2D eigenvalue weighted by molar-refractivity contribution is 0.0288. The van der Waals surface area contributed by atoms with Crippen LogP contribution in [0, 0.1) is 5.92 Å². The predicted octanol–water partition coefficient (Wildman–Crippen LogP) is 5.24. The maximum Gasteiger partial charge on any atom is 0.410 e. The molecule has 1 aliphatic heterocycles. The molecule has 1 amide bonds. The first-order valence-electron chi connectivity index (χ1n) is 11.4. The fraction of sp³-hybridized carbons (Fsp3) is 0.321. The summed E-state index contributed by atoms with van der Waals surface area (Å²) in [5.74, 6) is 0.470. The van der Waals surface area contributed by atoms with Gasteiger partial charge in [-0.2, -0.15) is 0 Å². The Morgan fingerprint density at radius 2 is 1.50 bits per heavy atom. The van der Waals surface area contributed by atoms with Gasteiger partial charge in [-0.1, -0.05) is 84.9 Å². The van der Waals surface area contributed by atoms with Gasteiger partial charge in [-0.15, -0.1) is 0 Å². The molecule has 3 nitrogen and oxygen atoms in total. The molecule has 1 saturated heterocycles. The van der Waals surface area contributed by atoms with Gasteiger partial charge < -0.3 is 9.64 Å². The molecule has 0 bridgehead atoms. The highest BCUT2D eigenvalue weighted by Gasteiger charge is 2.30. The van der Waals surface area contributed by atoms with Gasteiger partial charge in [0.15, 0.2) is 0 Å². The van der Waals surface area contributed by atoms with E-state index in [1.807, 2.05) is 25.7 Å². The summed E-state index contributed by atoms with van der Waals surface area (Å²) in [6.45, 7) is 7.30. The van der Waals surface area contributed by atoms with Crippen molar-refractivity contribution in [2.45, 2.75) is 39.2 Å². The van der Waals surface area contributed by atoms with Gasteiger partial charge in [0.1, 0.15) is 5.60 Å². The lowest BCUT2D eigenvalue weighted by Crippen LogP contribution is -2.35. The van der Waals surface area contributed by atoms with Gasteiger partial charge in [0.05, 0.1) is 0 Å². The molecule has 0 radical (unpaired) electrons. The van der Waals surface area contributed by atoms with E-state index in [1.165, 1.54) is 21.5 Å². The van der Waals surface area contributed by atoms with Crippen LogP contribution in [0.2, 0.25) is 0 Å². The Bertz CT molecular complexity index is 991. The van der Waals surface area contributed by atoms with Gasteiger partial charge in [-0.3, -0.25) is 0 Å². The van der Waals surface area contributed by atoms with Crippen molar-refractivity contribution in [2.24, 2.45) is 5.92 Å². The van der Waals surface area contributed by atoms with Crippen molar-refractivity contribution in [1.29, 1.82) is 0 Å². The van der Waals surface area contributed by atoms with Crippen molar-refractivity contribution in [2.75, 3.05) is 13.1 Å². The Morgan fingerprint density at radius 3 is 2.09 bits per heavy atom. The van der Waals surface area contributed by atoms with Crippen LogP contribution >= 0.6 is 7.92 Å². The molecule has 1 atom stereocenters. The van der Waals surface area contributed by atoms with E-state index in [9.17, 15) is 4.79 Å². The molecule has 0 unspecified atom stereocenters. The van der Waals surface area contributed by atoms with Crippen LogP contribution in [0.1, 0.15) is 32.8 Å². The SMILES string of the molecule is CC(C)(C)OC(=O)N1CC[C@@H](Cc2cccc(P(c3ccccc3)c3ccccc3)c2)C1. The molecule has 1 aliphatic rings. The second-order valence-corrected chi connectivity index (χ2v) is 11.7. The number of ether oxygens (including phenoxy) is 1. The third-order valence-corrected chi connectivity index (χ3v) is 8.08. The van der Waals surface area contributed by atoms with Crippen molar-refractivity contribution < 1.29 is 9.53 Å². The van der Waals surface area contributed by atoms with Gasteiger partial charge in [0.25, 0.3) is 0 Å². The summed E-state index contributed by atoms with van der Waals surface area (Å²) < 4.78 is 5.56. The summed E-state index contributed by atoms with van der Waals surface area (Å²) in [4.78, 5) is 14.3. The van der Waals surface area contributed by atoms with Crippen LogP contribution in [0.5, 0.6) is 0 Å². The first-order valence-corrected chi connectivity index (χ1v) is 12.7. The largest absolute Gasteiger partial charge is 0.444 e. The summed E-state index contributed by atoms with van der Waals surface area (Å²) in [6, 6.07) is 30.7. The van der Waals surface area contributed by atoms with Gasteiger partial charge in [0.2, 0.25) is 0 Å². The standard InChI is InChI=1S/C28H32NO2P/c1-28(2,3)31-27(30)29-18-17-23(21-29)19-22-11-10-16-26(20-22)32(24-12-6-4-7-13-24)25-14-8-5-9-15-25/h4-16,20,23H,17-19,21H2,1-3H3/t23-/m0/s1. The fourth-order valence-corrected chi connectivity index (χ4v) is 6.61. The van der Waals surface area contributed by atoms with Crippen molar-refractivity contribution in [3.05, 3.63) is 90.5 Å². The Morgan fingerprint density at radius 1 is 0.906 bits per heavy atom. The third-order valence-electron chi connectivity index (χ3n) is 5.66. The third kappa shape index (κ3) is 5.78. The van der Waals surface area contributed by atoms with Crippen LogP contribution < -0.4 is 15.9 Å². The normalized spacial score (nSPS) is 16.4. The Kier molecular flexibility index (Phi) is 6.96. The second-order valence-electron chi connectivity index (χ2n) is 9.46. The van der Waals surface area contributed by atoms with Crippen molar-refractivity contribution in [3.8, 4) is 0 Å². The number of nitrogens with zero attached hydrogens (tertiary/aromatic N) is 1. The molecule has 166 valence electrons. The summed E-state index contributed by atoms with van der Waals surface area (Å²) in [7, 11) is -0.599. The van der Waals surface area contributed by atoms with E-state index in [1.54, 1.807) is 0 Å². The van der Waals surface area contributed by atoms with E-state index in [0.717, 1.165) is 25.9 Å². The lowest BCUT2D eigenvalue weighted by Gasteiger charge is -2.24. The number of hydrogen-bond donors (Lipinski definition) is 0. The molecule has 1 heterocycles. The van der Waals surface area contributed by atoms with E-state index < -0.39 is 13.5 Å². The average molecular weight is 446 g/mol. The number of amides is 1. The van der Waals surface area contributed by atoms with Gasteiger partial charge in [0, 0.05) is 13.1 Å².